The highest BCUT2D eigenvalue weighted by atomic mass is 16.5. The number of hydrogen-bond donors (Lipinski definition) is 0. The van der Waals surface area contributed by atoms with Gasteiger partial charge in [0.1, 0.15) is 0 Å². The van der Waals surface area contributed by atoms with Crippen LogP contribution in [0.2, 0.25) is 0 Å². The predicted octanol–water partition coefficient (Wildman–Crippen LogP) is 3.89. The van der Waals surface area contributed by atoms with Crippen molar-refractivity contribution in [3.05, 3.63) is 76.5 Å². The van der Waals surface area contributed by atoms with Crippen LogP contribution in [-0.4, -0.2) is 29.5 Å². The number of nitrogens with zero attached hydrogens (tertiary/aromatic N) is 2. The molecule has 0 N–H and O–H groups in total. The molecule has 1 aliphatic heterocycles. The molecule has 1 aliphatic rings. The van der Waals surface area contributed by atoms with Gasteiger partial charge in [0, 0.05) is 25.0 Å². The molecule has 2 heterocycles. The second-order valence-corrected chi connectivity index (χ2v) is 6.80. The van der Waals surface area contributed by atoms with Crippen LogP contribution >= 0.6 is 0 Å². The van der Waals surface area contributed by atoms with E-state index in [1.54, 1.807) is 0 Å². The molecule has 0 saturated carbocycles. The normalized spacial score (nSPS) is 14.2. The highest BCUT2D eigenvalue weighted by molar-refractivity contribution is 5.98. The van der Waals surface area contributed by atoms with E-state index >= 15 is 0 Å². The first-order valence-corrected chi connectivity index (χ1v) is 8.93. The van der Waals surface area contributed by atoms with Gasteiger partial charge in [-0.1, -0.05) is 42.5 Å². The number of pyridine rings is 1. The highest BCUT2D eigenvalue weighted by Gasteiger charge is 2.23. The van der Waals surface area contributed by atoms with Crippen LogP contribution in [-0.2, 0) is 24.2 Å². The van der Waals surface area contributed by atoms with E-state index in [0.29, 0.717) is 12.1 Å². The summed E-state index contributed by atoms with van der Waals surface area (Å²) in [5, 5.41) is 1.00. The number of benzene rings is 2. The zero-order valence-corrected chi connectivity index (χ0v) is 15.2. The fourth-order valence-corrected chi connectivity index (χ4v) is 3.83. The van der Waals surface area contributed by atoms with Gasteiger partial charge in [-0.25, -0.2) is 4.79 Å². The van der Waals surface area contributed by atoms with Crippen molar-refractivity contribution in [1.29, 1.82) is 0 Å². The zero-order chi connectivity index (χ0) is 18.1. The van der Waals surface area contributed by atoms with Crippen LogP contribution in [0.15, 0.2) is 48.5 Å². The first kappa shape index (κ1) is 16.7. The van der Waals surface area contributed by atoms with Crippen molar-refractivity contribution in [2.75, 3.05) is 13.7 Å². The lowest BCUT2D eigenvalue weighted by atomic mass is 9.98. The van der Waals surface area contributed by atoms with Gasteiger partial charge in [0.2, 0.25) is 0 Å². The molecule has 132 valence electrons. The van der Waals surface area contributed by atoms with E-state index in [0.717, 1.165) is 41.7 Å². The summed E-state index contributed by atoms with van der Waals surface area (Å²) in [7, 11) is 1.43. The number of ether oxygens (including phenoxy) is 1. The number of aromatic nitrogens is 1. The molecule has 0 atom stereocenters. The van der Waals surface area contributed by atoms with Gasteiger partial charge in [-0.3, -0.25) is 9.88 Å². The van der Waals surface area contributed by atoms with Crippen molar-refractivity contribution in [3.8, 4) is 0 Å². The monoisotopic (exact) mass is 346 g/mol. The standard InChI is InChI=1S/C22H22N2O2/c1-15-18-9-5-6-10-19(18)23-20(21(15)22(25)26-2)14-24-12-11-16-7-3-4-8-17(16)13-24/h3-10H,11-14H2,1-2H3. The lowest BCUT2D eigenvalue weighted by Gasteiger charge is -2.29. The maximum atomic E-state index is 12.5. The van der Waals surface area contributed by atoms with Gasteiger partial charge in [-0.2, -0.15) is 0 Å². The van der Waals surface area contributed by atoms with Crippen LogP contribution in [0.25, 0.3) is 10.9 Å². The average Bonchev–Trinajstić information content (AvgIpc) is 2.67. The minimum absolute atomic E-state index is 0.312. The summed E-state index contributed by atoms with van der Waals surface area (Å²) in [5.74, 6) is -0.312. The Morgan fingerprint density at radius 2 is 1.85 bits per heavy atom. The average molecular weight is 346 g/mol. The Bertz CT molecular complexity index is 981. The Morgan fingerprint density at radius 1 is 1.12 bits per heavy atom. The van der Waals surface area contributed by atoms with Crippen LogP contribution < -0.4 is 0 Å². The van der Waals surface area contributed by atoms with Crippen molar-refractivity contribution < 1.29 is 9.53 Å². The van der Waals surface area contributed by atoms with Gasteiger partial charge in [-0.15, -0.1) is 0 Å². The van der Waals surface area contributed by atoms with Crippen molar-refractivity contribution in [2.45, 2.75) is 26.4 Å². The van der Waals surface area contributed by atoms with Crippen molar-refractivity contribution in [2.24, 2.45) is 0 Å². The van der Waals surface area contributed by atoms with E-state index in [1.807, 2.05) is 31.2 Å². The van der Waals surface area contributed by atoms with Crippen LogP contribution in [0, 0.1) is 6.92 Å². The molecule has 2 aromatic carbocycles. The Balaban J connectivity index is 1.73. The summed E-state index contributed by atoms with van der Waals surface area (Å²) in [4.78, 5) is 19.6. The second kappa shape index (κ2) is 6.89. The molecule has 26 heavy (non-hydrogen) atoms. The molecule has 0 radical (unpaired) electrons. The Morgan fingerprint density at radius 3 is 2.65 bits per heavy atom. The maximum absolute atomic E-state index is 12.5. The highest BCUT2D eigenvalue weighted by Crippen LogP contribution is 2.26. The molecule has 0 amide bonds. The number of hydrogen-bond acceptors (Lipinski definition) is 4. The van der Waals surface area contributed by atoms with Crippen molar-refractivity contribution >= 4 is 16.9 Å². The third kappa shape index (κ3) is 2.97. The minimum Gasteiger partial charge on any atom is -0.465 e. The quantitative estimate of drug-likeness (QED) is 0.675. The minimum atomic E-state index is -0.312. The topological polar surface area (TPSA) is 42.4 Å². The van der Waals surface area contributed by atoms with Crippen LogP contribution in [0.5, 0.6) is 0 Å². The van der Waals surface area contributed by atoms with E-state index < -0.39 is 0 Å². The molecule has 0 bridgehead atoms. The summed E-state index contributed by atoms with van der Waals surface area (Å²) in [6.45, 7) is 4.46. The number of carbonyl (C=O) groups is 1. The van der Waals surface area contributed by atoms with E-state index in [1.165, 1.54) is 18.2 Å². The molecule has 1 aromatic heterocycles. The van der Waals surface area contributed by atoms with Crippen molar-refractivity contribution in [3.63, 3.8) is 0 Å². The molecule has 0 spiro atoms. The summed E-state index contributed by atoms with van der Waals surface area (Å²) < 4.78 is 5.05. The number of rotatable bonds is 3. The smallest absolute Gasteiger partial charge is 0.340 e. The third-order valence-corrected chi connectivity index (χ3v) is 5.20. The SMILES string of the molecule is COC(=O)c1c(CN2CCc3ccccc3C2)nc2ccccc2c1C. The molecule has 0 fully saturated rings. The van der Waals surface area contributed by atoms with E-state index in [4.69, 9.17) is 9.72 Å². The molecule has 4 rings (SSSR count). The molecule has 0 unspecified atom stereocenters. The lowest BCUT2D eigenvalue weighted by Crippen LogP contribution is -2.31. The third-order valence-electron chi connectivity index (χ3n) is 5.20. The fraction of sp³-hybridized carbons (Fsp3) is 0.273. The number of aryl methyl sites for hydroxylation is 1. The number of methoxy groups -OCH3 is 1. The second-order valence-electron chi connectivity index (χ2n) is 6.80. The first-order valence-electron chi connectivity index (χ1n) is 8.93. The van der Waals surface area contributed by atoms with Crippen molar-refractivity contribution in [1.82, 2.24) is 9.88 Å². The van der Waals surface area contributed by atoms with Gasteiger partial charge in [0.25, 0.3) is 0 Å². The summed E-state index contributed by atoms with van der Waals surface area (Å²) in [6.07, 6.45) is 1.02. The first-order chi connectivity index (χ1) is 12.7. The van der Waals surface area contributed by atoms with E-state index in [9.17, 15) is 4.79 Å². The molecular weight excluding hydrogens is 324 g/mol. The fourth-order valence-electron chi connectivity index (χ4n) is 3.83. The molecule has 3 aromatic rings. The Hall–Kier alpha value is -2.72. The molecule has 0 aliphatic carbocycles. The van der Waals surface area contributed by atoms with Gasteiger partial charge in [0.05, 0.1) is 23.9 Å². The molecule has 0 saturated heterocycles. The van der Waals surface area contributed by atoms with Gasteiger partial charge in [0.15, 0.2) is 0 Å². The molecule has 4 nitrogen and oxygen atoms in total. The number of para-hydroxylation sites is 1. The number of fused-ring (bicyclic) bond motifs is 2. The van der Waals surface area contributed by atoms with Gasteiger partial charge >= 0.3 is 5.97 Å². The maximum Gasteiger partial charge on any atom is 0.340 e. The van der Waals surface area contributed by atoms with Crippen LogP contribution in [0.1, 0.15) is 32.7 Å². The van der Waals surface area contributed by atoms with Crippen LogP contribution in [0.4, 0.5) is 0 Å². The van der Waals surface area contributed by atoms with E-state index in [2.05, 4.69) is 29.2 Å². The zero-order valence-electron chi connectivity index (χ0n) is 15.2. The largest absolute Gasteiger partial charge is 0.465 e. The summed E-state index contributed by atoms with van der Waals surface area (Å²) >= 11 is 0. The molecule has 4 heteroatoms. The summed E-state index contributed by atoms with van der Waals surface area (Å²) in [5.41, 5.74) is 6.04. The lowest BCUT2D eigenvalue weighted by molar-refractivity contribution is 0.0596. The summed E-state index contributed by atoms with van der Waals surface area (Å²) in [6, 6.07) is 16.5. The Kier molecular flexibility index (Phi) is 4.43. The van der Waals surface area contributed by atoms with Gasteiger partial charge < -0.3 is 4.74 Å². The number of esters is 1. The number of carbonyl (C=O) groups excluding carboxylic acids is 1. The Labute approximate surface area is 153 Å². The van der Waals surface area contributed by atoms with Crippen LogP contribution in [0.3, 0.4) is 0 Å². The van der Waals surface area contributed by atoms with Gasteiger partial charge in [-0.05, 0) is 36.1 Å². The van der Waals surface area contributed by atoms with E-state index in [-0.39, 0.29) is 5.97 Å². The molecular formula is C22H22N2O2. The predicted molar refractivity (Wildman–Crippen MR) is 102 cm³/mol.